The van der Waals surface area contributed by atoms with E-state index in [4.69, 9.17) is 27.6 Å². The van der Waals surface area contributed by atoms with Gasteiger partial charge in [-0.3, -0.25) is 4.79 Å². The molecule has 3 fully saturated rings. The molecule has 0 saturated carbocycles. The van der Waals surface area contributed by atoms with E-state index in [-0.39, 0.29) is 17.7 Å². The van der Waals surface area contributed by atoms with Gasteiger partial charge in [0.2, 0.25) is 0 Å². The Morgan fingerprint density at radius 1 is 1.23 bits per heavy atom. The van der Waals surface area contributed by atoms with E-state index in [0.717, 1.165) is 37.9 Å². The van der Waals surface area contributed by atoms with Crippen molar-refractivity contribution in [3.8, 4) is 0 Å². The van der Waals surface area contributed by atoms with E-state index in [1.165, 1.54) is 0 Å². The van der Waals surface area contributed by atoms with Crippen LogP contribution in [-0.4, -0.2) is 36.5 Å². The molecule has 4 nitrogen and oxygen atoms in total. The van der Waals surface area contributed by atoms with Gasteiger partial charge in [-0.2, -0.15) is 0 Å². The highest BCUT2D eigenvalue weighted by Gasteiger charge is 2.35. The van der Waals surface area contributed by atoms with Crippen molar-refractivity contribution in [2.24, 2.45) is 5.92 Å². The number of hydrogen-bond acceptors (Lipinski definition) is 3. The predicted octanol–water partition coefficient (Wildman–Crippen LogP) is 3.56. The molecule has 2 bridgehead atoms. The number of nitrogens with one attached hydrogen (secondary N) is 1. The van der Waals surface area contributed by atoms with Gasteiger partial charge in [0.1, 0.15) is 0 Å². The second-order valence-corrected chi connectivity index (χ2v) is 6.98. The van der Waals surface area contributed by atoms with Gasteiger partial charge in [0.15, 0.2) is 11.3 Å². The molecule has 6 heteroatoms. The van der Waals surface area contributed by atoms with Crippen molar-refractivity contribution >= 4 is 40.1 Å². The first kappa shape index (κ1) is 14.4. The van der Waals surface area contributed by atoms with Crippen LogP contribution in [0.2, 0.25) is 10.0 Å². The standard InChI is InChI=1S/C16H16Cl2N2O2/c17-11-5-10-6-14(22-15(10)12(18)7-11)16(21)19-13-8-20-3-1-9(13)2-4-20/h5-7,9,13H,1-4,8H2,(H,19,21). The lowest BCUT2D eigenvalue weighted by Crippen LogP contribution is -2.57. The van der Waals surface area contributed by atoms with Crippen LogP contribution < -0.4 is 5.32 Å². The number of hydrogen-bond donors (Lipinski definition) is 1. The van der Waals surface area contributed by atoms with Crippen LogP contribution in [0.25, 0.3) is 11.0 Å². The summed E-state index contributed by atoms with van der Waals surface area (Å²) in [7, 11) is 0. The summed E-state index contributed by atoms with van der Waals surface area (Å²) in [6, 6.07) is 5.27. The van der Waals surface area contributed by atoms with Crippen molar-refractivity contribution in [2.75, 3.05) is 19.6 Å². The van der Waals surface area contributed by atoms with Crippen molar-refractivity contribution in [2.45, 2.75) is 18.9 Å². The third kappa shape index (κ3) is 2.49. The van der Waals surface area contributed by atoms with Gasteiger partial charge in [0.05, 0.1) is 5.02 Å². The highest BCUT2D eigenvalue weighted by molar-refractivity contribution is 6.38. The monoisotopic (exact) mass is 338 g/mol. The number of carbonyl (C=O) groups excluding carboxylic acids is 1. The number of furan rings is 1. The van der Waals surface area contributed by atoms with Gasteiger partial charge in [0, 0.05) is 23.0 Å². The number of fused-ring (bicyclic) bond motifs is 4. The van der Waals surface area contributed by atoms with Gasteiger partial charge in [-0.25, -0.2) is 0 Å². The molecule has 116 valence electrons. The number of piperidine rings is 3. The van der Waals surface area contributed by atoms with E-state index in [0.29, 0.717) is 21.5 Å². The summed E-state index contributed by atoms with van der Waals surface area (Å²) in [6.45, 7) is 3.23. The minimum absolute atomic E-state index is 0.179. The SMILES string of the molecule is O=C(NC1CN2CCC1CC2)c1cc2cc(Cl)cc(Cl)c2o1. The third-order valence-electron chi connectivity index (χ3n) is 4.73. The largest absolute Gasteiger partial charge is 0.449 e. The molecule has 0 radical (unpaired) electrons. The maximum absolute atomic E-state index is 12.5. The highest BCUT2D eigenvalue weighted by Crippen LogP contribution is 2.31. The Hall–Kier alpha value is -1.23. The van der Waals surface area contributed by atoms with E-state index >= 15 is 0 Å². The molecule has 0 spiro atoms. The summed E-state index contributed by atoms with van der Waals surface area (Å²) in [6.07, 6.45) is 2.32. The second kappa shape index (κ2) is 5.44. The minimum atomic E-state index is -0.179. The summed E-state index contributed by atoms with van der Waals surface area (Å²) in [4.78, 5) is 14.9. The molecule has 1 aromatic heterocycles. The first-order valence-electron chi connectivity index (χ1n) is 7.52. The Morgan fingerprint density at radius 2 is 2.00 bits per heavy atom. The molecule has 1 amide bonds. The average Bonchev–Trinajstić information content (AvgIpc) is 2.93. The van der Waals surface area contributed by atoms with Crippen LogP contribution in [0.3, 0.4) is 0 Å². The van der Waals surface area contributed by atoms with E-state index in [9.17, 15) is 4.79 Å². The molecular formula is C16H16Cl2N2O2. The van der Waals surface area contributed by atoms with Crippen molar-refractivity contribution < 1.29 is 9.21 Å². The Bertz CT molecular complexity index is 735. The number of nitrogens with zero attached hydrogens (tertiary/aromatic N) is 1. The molecule has 1 unspecified atom stereocenters. The summed E-state index contributed by atoms with van der Waals surface area (Å²) < 4.78 is 5.62. The molecule has 0 aliphatic carbocycles. The molecular weight excluding hydrogens is 323 g/mol. The van der Waals surface area contributed by atoms with Gasteiger partial charge < -0.3 is 14.6 Å². The maximum atomic E-state index is 12.5. The topological polar surface area (TPSA) is 45.5 Å². The fraction of sp³-hybridized carbons (Fsp3) is 0.438. The van der Waals surface area contributed by atoms with Crippen LogP contribution >= 0.6 is 23.2 Å². The lowest BCUT2D eigenvalue weighted by atomic mass is 9.84. The summed E-state index contributed by atoms with van der Waals surface area (Å²) >= 11 is 12.1. The number of amides is 1. The lowest BCUT2D eigenvalue weighted by molar-refractivity contribution is 0.0607. The first-order chi connectivity index (χ1) is 10.6. The molecule has 1 aromatic carbocycles. The van der Waals surface area contributed by atoms with Crippen molar-refractivity contribution in [1.29, 1.82) is 0 Å². The molecule has 3 aliphatic rings. The molecule has 5 rings (SSSR count). The Labute approximate surface area is 138 Å². The van der Waals surface area contributed by atoms with Crippen LogP contribution in [0.5, 0.6) is 0 Å². The smallest absolute Gasteiger partial charge is 0.287 e. The summed E-state index contributed by atoms with van der Waals surface area (Å²) in [5, 5.41) is 4.81. The number of carbonyl (C=O) groups is 1. The average molecular weight is 339 g/mol. The van der Waals surface area contributed by atoms with E-state index in [2.05, 4.69) is 10.2 Å². The van der Waals surface area contributed by atoms with Gasteiger partial charge >= 0.3 is 0 Å². The molecule has 22 heavy (non-hydrogen) atoms. The molecule has 2 aromatic rings. The quantitative estimate of drug-likeness (QED) is 0.910. The van der Waals surface area contributed by atoms with Crippen LogP contribution in [-0.2, 0) is 0 Å². The third-order valence-corrected chi connectivity index (χ3v) is 5.23. The van der Waals surface area contributed by atoms with E-state index in [1.54, 1.807) is 18.2 Å². The van der Waals surface area contributed by atoms with Crippen LogP contribution in [0.1, 0.15) is 23.4 Å². The van der Waals surface area contributed by atoms with Gasteiger partial charge in [-0.1, -0.05) is 23.2 Å². The highest BCUT2D eigenvalue weighted by atomic mass is 35.5. The minimum Gasteiger partial charge on any atom is -0.449 e. The molecule has 3 saturated heterocycles. The molecule has 1 N–H and O–H groups in total. The first-order valence-corrected chi connectivity index (χ1v) is 8.27. The van der Waals surface area contributed by atoms with Gasteiger partial charge in [0.25, 0.3) is 5.91 Å². The Kier molecular flexibility index (Phi) is 3.56. The zero-order valence-corrected chi connectivity index (χ0v) is 13.5. The Morgan fingerprint density at radius 3 is 2.68 bits per heavy atom. The zero-order valence-electron chi connectivity index (χ0n) is 11.9. The zero-order chi connectivity index (χ0) is 15.3. The number of halogens is 2. The second-order valence-electron chi connectivity index (χ2n) is 6.13. The predicted molar refractivity (Wildman–Crippen MR) is 86.7 cm³/mol. The van der Waals surface area contributed by atoms with Crippen LogP contribution in [0.4, 0.5) is 0 Å². The Balaban J connectivity index is 1.56. The number of benzene rings is 1. The molecule has 1 atom stereocenters. The number of rotatable bonds is 2. The fourth-order valence-corrected chi connectivity index (χ4v) is 4.10. The fourth-order valence-electron chi connectivity index (χ4n) is 3.56. The van der Waals surface area contributed by atoms with E-state index < -0.39 is 0 Å². The van der Waals surface area contributed by atoms with Crippen molar-refractivity contribution in [3.05, 3.63) is 34.0 Å². The van der Waals surface area contributed by atoms with Gasteiger partial charge in [-0.05, 0) is 50.0 Å². The van der Waals surface area contributed by atoms with Crippen LogP contribution in [0, 0.1) is 5.92 Å². The normalized spacial score (nSPS) is 27.3. The summed E-state index contributed by atoms with van der Waals surface area (Å²) in [5.41, 5.74) is 0.505. The molecule has 4 heterocycles. The van der Waals surface area contributed by atoms with E-state index in [1.807, 2.05) is 0 Å². The molecule has 3 aliphatic heterocycles. The van der Waals surface area contributed by atoms with Gasteiger partial charge in [-0.15, -0.1) is 0 Å². The van der Waals surface area contributed by atoms with Crippen LogP contribution in [0.15, 0.2) is 22.6 Å². The van der Waals surface area contributed by atoms with Crippen molar-refractivity contribution in [1.82, 2.24) is 10.2 Å². The van der Waals surface area contributed by atoms with Crippen molar-refractivity contribution in [3.63, 3.8) is 0 Å². The lowest BCUT2D eigenvalue weighted by Gasteiger charge is -2.44. The summed E-state index contributed by atoms with van der Waals surface area (Å²) in [5.74, 6) is 0.689. The maximum Gasteiger partial charge on any atom is 0.287 e.